The minimum atomic E-state index is -2.80. The van der Waals surface area contributed by atoms with Gasteiger partial charge in [0.1, 0.15) is 0 Å². The van der Waals surface area contributed by atoms with Gasteiger partial charge in [-0.25, -0.2) is 0 Å². The zero-order chi connectivity index (χ0) is 32.3. The third-order valence-electron chi connectivity index (χ3n) is 9.93. The number of unbranched alkanes of at least 4 members (excludes halogenated alkanes) is 1. The van der Waals surface area contributed by atoms with E-state index in [-0.39, 0.29) is 29.5 Å². The quantitative estimate of drug-likeness (QED) is 0.0875. The van der Waals surface area contributed by atoms with Crippen molar-refractivity contribution in [1.82, 2.24) is 0 Å². The van der Waals surface area contributed by atoms with Crippen LogP contribution in [0.15, 0.2) is 103 Å². The van der Waals surface area contributed by atoms with Crippen molar-refractivity contribution in [2.24, 2.45) is 17.3 Å². The molecule has 45 heavy (non-hydrogen) atoms. The molecule has 0 amide bonds. The fourth-order valence-corrected chi connectivity index (χ4v) is 12.1. The number of aryl methyl sites for hydroxylation is 1. The van der Waals surface area contributed by atoms with Crippen molar-refractivity contribution in [3.05, 3.63) is 109 Å². The van der Waals surface area contributed by atoms with Crippen molar-refractivity contribution in [2.45, 2.75) is 76.9 Å². The number of rotatable bonds is 15. The lowest BCUT2D eigenvalue weighted by Gasteiger charge is -2.44. The summed E-state index contributed by atoms with van der Waals surface area (Å²) in [6.45, 7) is 7.26. The Morgan fingerprint density at radius 3 is 2.04 bits per heavy atom. The van der Waals surface area contributed by atoms with E-state index in [0.717, 1.165) is 32.1 Å². The van der Waals surface area contributed by atoms with Gasteiger partial charge in [0.05, 0.1) is 13.2 Å². The van der Waals surface area contributed by atoms with Gasteiger partial charge < -0.3 is 19.4 Å². The minimum absolute atomic E-state index is 0.0213. The van der Waals surface area contributed by atoms with Gasteiger partial charge >= 0.3 is 5.97 Å². The second-order valence-electron chi connectivity index (χ2n) is 13.7. The molecule has 3 aromatic carbocycles. The molecule has 2 N–H and O–H groups in total. The maximum atomic E-state index is 11.7. The highest BCUT2D eigenvalue weighted by molar-refractivity contribution is 6.99. The average molecular weight is 629 g/mol. The van der Waals surface area contributed by atoms with Gasteiger partial charge in [-0.1, -0.05) is 124 Å². The van der Waals surface area contributed by atoms with Crippen molar-refractivity contribution in [1.29, 1.82) is 0 Å². The molecule has 4 atom stereocenters. The summed E-state index contributed by atoms with van der Waals surface area (Å²) in [6, 6.07) is 31.7. The molecular formula is C39H52O5Si. The Bertz CT molecular complexity index is 1300. The van der Waals surface area contributed by atoms with Gasteiger partial charge in [-0.05, 0) is 70.8 Å². The first-order valence-corrected chi connectivity index (χ1v) is 18.4. The lowest BCUT2D eigenvalue weighted by atomic mass is 9.71. The van der Waals surface area contributed by atoms with Crippen molar-refractivity contribution >= 4 is 24.7 Å². The molecule has 6 heteroatoms. The van der Waals surface area contributed by atoms with E-state index in [0.29, 0.717) is 19.4 Å². The maximum Gasteiger partial charge on any atom is 0.305 e. The Balaban J connectivity index is 1.65. The van der Waals surface area contributed by atoms with Gasteiger partial charge in [-0.2, -0.15) is 0 Å². The minimum Gasteiger partial charge on any atom is -0.469 e. The molecule has 0 bridgehead atoms. The Morgan fingerprint density at radius 1 is 0.933 bits per heavy atom. The second-order valence-corrected chi connectivity index (χ2v) is 18.0. The number of benzene rings is 3. The smallest absolute Gasteiger partial charge is 0.305 e. The first-order valence-electron chi connectivity index (χ1n) is 16.5. The Hall–Kier alpha value is -3.03. The van der Waals surface area contributed by atoms with Gasteiger partial charge in [0.25, 0.3) is 8.32 Å². The summed E-state index contributed by atoms with van der Waals surface area (Å²) in [5.74, 6) is -0.284. The number of carbonyl (C=O) groups is 1. The number of methoxy groups -OCH3 is 1. The Kier molecular flexibility index (Phi) is 12.4. The van der Waals surface area contributed by atoms with Gasteiger partial charge in [0.15, 0.2) is 0 Å². The third kappa shape index (κ3) is 8.22. The lowest BCUT2D eigenvalue weighted by Crippen LogP contribution is -2.67. The highest BCUT2D eigenvalue weighted by Gasteiger charge is 2.55. The predicted molar refractivity (Wildman–Crippen MR) is 185 cm³/mol. The van der Waals surface area contributed by atoms with E-state index in [4.69, 9.17) is 9.16 Å². The van der Waals surface area contributed by atoms with E-state index in [9.17, 15) is 15.0 Å². The summed E-state index contributed by atoms with van der Waals surface area (Å²) >= 11 is 0. The van der Waals surface area contributed by atoms with Gasteiger partial charge in [0, 0.05) is 25.6 Å². The van der Waals surface area contributed by atoms with E-state index >= 15 is 0 Å². The molecule has 0 spiro atoms. The van der Waals surface area contributed by atoms with Gasteiger partial charge in [0.2, 0.25) is 0 Å². The number of ether oxygens (including phenoxy) is 1. The van der Waals surface area contributed by atoms with Gasteiger partial charge in [-0.3, -0.25) is 4.79 Å². The number of aliphatic hydroxyl groups excluding tert-OH is 2. The number of allylic oxidation sites excluding steroid dienone is 2. The molecule has 1 fully saturated rings. The van der Waals surface area contributed by atoms with E-state index < -0.39 is 19.8 Å². The largest absolute Gasteiger partial charge is 0.469 e. The molecule has 1 aliphatic carbocycles. The van der Waals surface area contributed by atoms with Crippen molar-refractivity contribution in [3.63, 3.8) is 0 Å². The molecule has 0 radical (unpaired) electrons. The van der Waals surface area contributed by atoms with Crippen LogP contribution in [0.25, 0.3) is 0 Å². The standard InChI is InChI=1S/C39H52O5Si/c1-38(2,3)45(32-20-12-8-13-21-32,33-22-14-9-15-23-33)44-29-34-35(24-16-5-6-17-25-37(42)43-4)39(30-40,28-36(34)41)27-26-31-18-10-7-11-19-31/h5,7-16,18-23,34-36,40-41H,6,17,24-30H2,1-4H3/b16-5-/t34-,35-,36-,39-/m1/s1. The fraction of sp³-hybridized carbons (Fsp3) is 0.462. The highest BCUT2D eigenvalue weighted by Crippen LogP contribution is 2.52. The average Bonchev–Trinajstić information content (AvgIpc) is 3.32. The van der Waals surface area contributed by atoms with E-state index in [1.54, 1.807) is 0 Å². The van der Waals surface area contributed by atoms with Crippen molar-refractivity contribution in [2.75, 3.05) is 20.3 Å². The van der Waals surface area contributed by atoms with Crippen LogP contribution in [0.2, 0.25) is 5.04 Å². The molecule has 0 aromatic heterocycles. The number of esters is 1. The van der Waals surface area contributed by atoms with Crippen LogP contribution in [0.5, 0.6) is 0 Å². The molecule has 3 aromatic rings. The second kappa shape index (κ2) is 16.0. The molecule has 0 saturated heterocycles. The van der Waals surface area contributed by atoms with Crippen LogP contribution < -0.4 is 10.4 Å². The summed E-state index contributed by atoms with van der Waals surface area (Å²) in [4.78, 5) is 11.6. The number of aliphatic hydroxyl groups is 2. The first-order chi connectivity index (χ1) is 21.7. The SMILES string of the molecule is COC(=O)CCC/C=C\C[C@@H]1[C@@H](CO[Si](c2ccccc2)(c2ccccc2)C(C)(C)C)[C@H](O)C[C@@]1(CO)CCc1ccccc1. The molecule has 4 rings (SSSR count). The van der Waals surface area contributed by atoms with Crippen molar-refractivity contribution < 1.29 is 24.2 Å². The zero-order valence-electron chi connectivity index (χ0n) is 27.5. The normalized spacial score (nSPS) is 22.1. The van der Waals surface area contributed by atoms with Gasteiger partial charge in [-0.15, -0.1) is 0 Å². The summed E-state index contributed by atoms with van der Waals surface area (Å²) < 4.78 is 12.1. The topological polar surface area (TPSA) is 76.0 Å². The van der Waals surface area contributed by atoms with E-state index in [1.165, 1.54) is 23.0 Å². The summed E-state index contributed by atoms with van der Waals surface area (Å²) in [7, 11) is -1.38. The molecule has 0 heterocycles. The summed E-state index contributed by atoms with van der Waals surface area (Å²) in [6.07, 6.45) is 8.57. The molecule has 0 aliphatic heterocycles. The van der Waals surface area contributed by atoms with Crippen LogP contribution in [0, 0.1) is 17.3 Å². The zero-order valence-corrected chi connectivity index (χ0v) is 28.5. The maximum absolute atomic E-state index is 11.7. The predicted octanol–water partition coefficient (Wildman–Crippen LogP) is 6.46. The number of carbonyl (C=O) groups excluding carboxylic acids is 1. The Labute approximate surface area is 271 Å². The molecular weight excluding hydrogens is 577 g/mol. The highest BCUT2D eigenvalue weighted by atomic mass is 28.4. The van der Waals surface area contributed by atoms with Crippen LogP contribution in [0.4, 0.5) is 0 Å². The van der Waals surface area contributed by atoms with E-state index in [2.05, 4.69) is 106 Å². The van der Waals surface area contributed by atoms with Crippen LogP contribution in [0.1, 0.15) is 64.9 Å². The van der Waals surface area contributed by atoms with E-state index in [1.807, 2.05) is 18.2 Å². The molecule has 1 saturated carbocycles. The first kappa shape index (κ1) is 34.8. The van der Waals surface area contributed by atoms with Crippen LogP contribution >= 0.6 is 0 Å². The van der Waals surface area contributed by atoms with Crippen molar-refractivity contribution in [3.8, 4) is 0 Å². The molecule has 0 unspecified atom stereocenters. The lowest BCUT2D eigenvalue weighted by molar-refractivity contribution is -0.140. The summed E-state index contributed by atoms with van der Waals surface area (Å²) in [5.41, 5.74) is 0.814. The number of hydrogen-bond donors (Lipinski definition) is 2. The van der Waals surface area contributed by atoms with Crippen LogP contribution in [-0.4, -0.2) is 50.9 Å². The molecule has 1 aliphatic rings. The fourth-order valence-electron chi connectivity index (χ4n) is 7.49. The Morgan fingerprint density at radius 2 is 1.51 bits per heavy atom. The van der Waals surface area contributed by atoms with Crippen LogP contribution in [-0.2, 0) is 20.4 Å². The monoisotopic (exact) mass is 628 g/mol. The number of hydrogen-bond acceptors (Lipinski definition) is 5. The summed E-state index contributed by atoms with van der Waals surface area (Å²) in [5, 5.41) is 25.0. The van der Waals surface area contributed by atoms with Crippen LogP contribution in [0.3, 0.4) is 0 Å². The third-order valence-corrected chi connectivity index (χ3v) is 14.9. The molecule has 5 nitrogen and oxygen atoms in total. The molecule has 242 valence electrons.